The molecule has 172 valence electrons. The molecule has 0 fully saturated rings. The maximum atomic E-state index is 13.7. The summed E-state index contributed by atoms with van der Waals surface area (Å²) in [4.78, 5) is 28.1. The van der Waals surface area contributed by atoms with Crippen molar-refractivity contribution >= 4 is 51.5 Å². The van der Waals surface area contributed by atoms with E-state index in [-0.39, 0.29) is 11.3 Å². The number of fused-ring (bicyclic) bond motifs is 1. The van der Waals surface area contributed by atoms with Gasteiger partial charge in [0.25, 0.3) is 5.91 Å². The number of ketones is 1. The predicted octanol–water partition coefficient (Wildman–Crippen LogP) is 6.43. The average molecular weight is 498 g/mol. The zero-order valence-electron chi connectivity index (χ0n) is 18.0. The molecule has 0 aliphatic carbocycles. The molecule has 1 atom stereocenters. The van der Waals surface area contributed by atoms with Crippen LogP contribution in [0.4, 0.5) is 5.69 Å². The Morgan fingerprint density at radius 3 is 2.41 bits per heavy atom. The van der Waals surface area contributed by atoms with E-state index in [1.807, 2.05) is 0 Å². The van der Waals surface area contributed by atoms with Gasteiger partial charge in [0.1, 0.15) is 17.6 Å². The Balaban J connectivity index is 1.65. The number of aliphatic hydroxyl groups is 1. The standard InChI is InChI=1S/C25H17Cl2NO6/c1-12-3-8-17(33-12)21-20(23(30)25(31)28(21)16-6-4-14(26)5-7-16)22(29)18-10-13-9-15(27)11-19(32-2)24(13)34-18/h3-11,21,30H,1-2H3. The monoisotopic (exact) mass is 497 g/mol. The van der Waals surface area contributed by atoms with E-state index in [9.17, 15) is 14.7 Å². The first kappa shape index (κ1) is 22.1. The van der Waals surface area contributed by atoms with Crippen LogP contribution in [-0.4, -0.2) is 23.9 Å². The van der Waals surface area contributed by atoms with Crippen LogP contribution in [0.15, 0.2) is 74.8 Å². The number of halogens is 2. The lowest BCUT2D eigenvalue weighted by molar-refractivity contribution is -0.117. The van der Waals surface area contributed by atoms with Crippen molar-refractivity contribution in [1.82, 2.24) is 0 Å². The van der Waals surface area contributed by atoms with Gasteiger partial charge in [0.15, 0.2) is 22.9 Å². The third-order valence-corrected chi connectivity index (χ3v) is 6.05. The molecule has 0 spiro atoms. The minimum atomic E-state index is -1.02. The summed E-state index contributed by atoms with van der Waals surface area (Å²) in [6, 6.07) is 13.5. The number of furan rings is 2. The number of benzene rings is 2. The first-order chi connectivity index (χ1) is 16.3. The van der Waals surface area contributed by atoms with Gasteiger partial charge < -0.3 is 18.7 Å². The fraction of sp³-hybridized carbons (Fsp3) is 0.120. The van der Waals surface area contributed by atoms with E-state index in [0.29, 0.717) is 44.0 Å². The van der Waals surface area contributed by atoms with Gasteiger partial charge in [-0.2, -0.15) is 0 Å². The molecule has 2 aromatic carbocycles. The van der Waals surface area contributed by atoms with Gasteiger partial charge in [0, 0.05) is 27.2 Å². The number of nitrogens with zero attached hydrogens (tertiary/aromatic N) is 1. The predicted molar refractivity (Wildman–Crippen MR) is 127 cm³/mol. The van der Waals surface area contributed by atoms with Gasteiger partial charge in [-0.1, -0.05) is 23.2 Å². The summed E-state index contributed by atoms with van der Waals surface area (Å²) in [6.45, 7) is 1.74. The molecule has 0 radical (unpaired) electrons. The van der Waals surface area contributed by atoms with Crippen LogP contribution in [0.2, 0.25) is 10.0 Å². The van der Waals surface area contributed by atoms with Gasteiger partial charge in [-0.15, -0.1) is 0 Å². The topological polar surface area (TPSA) is 93.1 Å². The maximum Gasteiger partial charge on any atom is 0.294 e. The zero-order chi connectivity index (χ0) is 24.1. The van der Waals surface area contributed by atoms with Crippen molar-refractivity contribution in [3.8, 4) is 5.75 Å². The second-order valence-electron chi connectivity index (χ2n) is 7.73. The van der Waals surface area contributed by atoms with Crippen LogP contribution >= 0.6 is 23.2 Å². The maximum absolute atomic E-state index is 13.7. The highest BCUT2D eigenvalue weighted by Gasteiger charge is 2.47. The number of amides is 1. The summed E-state index contributed by atoms with van der Waals surface area (Å²) in [5.74, 6) is -0.953. The summed E-state index contributed by atoms with van der Waals surface area (Å²) in [5, 5.41) is 12.3. The Morgan fingerprint density at radius 2 is 1.76 bits per heavy atom. The number of hydrogen-bond acceptors (Lipinski definition) is 6. The third kappa shape index (κ3) is 3.54. The quantitative estimate of drug-likeness (QED) is 0.319. The fourth-order valence-corrected chi connectivity index (χ4v) is 4.40. The summed E-state index contributed by atoms with van der Waals surface area (Å²) >= 11 is 12.1. The molecule has 0 saturated heterocycles. The van der Waals surface area contributed by atoms with Crippen LogP contribution in [-0.2, 0) is 4.79 Å². The molecule has 0 bridgehead atoms. The van der Waals surface area contributed by atoms with Gasteiger partial charge >= 0.3 is 0 Å². The van der Waals surface area contributed by atoms with Crippen molar-refractivity contribution in [1.29, 1.82) is 0 Å². The molecule has 1 N–H and O–H groups in total. The number of aliphatic hydroxyl groups excluding tert-OH is 1. The second-order valence-corrected chi connectivity index (χ2v) is 8.60. The Kier molecular flexibility index (Phi) is 5.38. The van der Waals surface area contributed by atoms with E-state index in [1.54, 1.807) is 55.5 Å². The van der Waals surface area contributed by atoms with Gasteiger partial charge in [-0.05, 0) is 55.5 Å². The smallest absolute Gasteiger partial charge is 0.294 e. The molecule has 34 heavy (non-hydrogen) atoms. The zero-order valence-corrected chi connectivity index (χ0v) is 19.5. The SMILES string of the molecule is COc1cc(Cl)cc2cc(C(=O)C3=C(O)C(=O)N(c4ccc(Cl)cc4)C3c3ccc(C)o3)oc12. The van der Waals surface area contributed by atoms with Gasteiger partial charge in [0.05, 0.1) is 12.7 Å². The molecule has 9 heteroatoms. The number of hydrogen-bond donors (Lipinski definition) is 1. The van der Waals surface area contributed by atoms with Crippen molar-refractivity contribution < 1.29 is 28.3 Å². The normalized spacial score (nSPS) is 16.1. The first-order valence-electron chi connectivity index (χ1n) is 10.2. The number of anilines is 1. The number of rotatable bonds is 5. The first-order valence-corrected chi connectivity index (χ1v) is 10.9. The van der Waals surface area contributed by atoms with Crippen molar-refractivity contribution in [3.05, 3.63) is 93.3 Å². The van der Waals surface area contributed by atoms with Crippen molar-refractivity contribution in [2.75, 3.05) is 12.0 Å². The summed E-state index contributed by atoms with van der Waals surface area (Å²) in [7, 11) is 1.46. The van der Waals surface area contributed by atoms with E-state index in [0.717, 1.165) is 0 Å². The van der Waals surface area contributed by atoms with E-state index in [4.69, 9.17) is 36.8 Å². The highest BCUT2D eigenvalue weighted by molar-refractivity contribution is 6.31. The molecule has 1 unspecified atom stereocenters. The van der Waals surface area contributed by atoms with Gasteiger partial charge in [-0.25, -0.2) is 0 Å². The summed E-state index contributed by atoms with van der Waals surface area (Å²) in [6.07, 6.45) is 0. The lowest BCUT2D eigenvalue weighted by Crippen LogP contribution is -2.30. The molecule has 5 rings (SSSR count). The minimum absolute atomic E-state index is 0.0869. The molecule has 2 aromatic heterocycles. The van der Waals surface area contributed by atoms with Crippen LogP contribution in [0.25, 0.3) is 11.0 Å². The highest BCUT2D eigenvalue weighted by Crippen LogP contribution is 2.43. The van der Waals surface area contributed by atoms with Crippen molar-refractivity contribution in [2.45, 2.75) is 13.0 Å². The van der Waals surface area contributed by atoms with Crippen LogP contribution in [0.1, 0.15) is 28.1 Å². The van der Waals surface area contributed by atoms with Crippen LogP contribution < -0.4 is 9.64 Å². The lowest BCUT2D eigenvalue weighted by atomic mass is 9.99. The molecule has 1 aliphatic heterocycles. The molecule has 0 saturated carbocycles. The minimum Gasteiger partial charge on any atom is -0.503 e. The third-order valence-electron chi connectivity index (χ3n) is 5.58. The summed E-state index contributed by atoms with van der Waals surface area (Å²) in [5.41, 5.74) is 0.582. The van der Waals surface area contributed by atoms with E-state index in [2.05, 4.69) is 0 Å². The highest BCUT2D eigenvalue weighted by atomic mass is 35.5. The Hall–Kier alpha value is -3.68. The van der Waals surface area contributed by atoms with Crippen LogP contribution in [0, 0.1) is 6.92 Å². The average Bonchev–Trinajstić information content (AvgIpc) is 3.50. The number of carbonyl (C=O) groups excluding carboxylic acids is 2. The Morgan fingerprint density at radius 1 is 1.03 bits per heavy atom. The number of carbonyl (C=O) groups is 2. The number of ether oxygens (including phenoxy) is 1. The molecule has 4 aromatic rings. The van der Waals surface area contributed by atoms with Crippen molar-refractivity contribution in [3.63, 3.8) is 0 Å². The van der Waals surface area contributed by atoms with E-state index < -0.39 is 23.5 Å². The fourth-order valence-electron chi connectivity index (χ4n) is 4.06. The molecule has 3 heterocycles. The van der Waals surface area contributed by atoms with E-state index in [1.165, 1.54) is 18.1 Å². The Labute approximate surface area is 203 Å². The number of aryl methyl sites for hydroxylation is 1. The Bertz CT molecular complexity index is 1480. The molecule has 7 nitrogen and oxygen atoms in total. The largest absolute Gasteiger partial charge is 0.503 e. The second kappa shape index (κ2) is 8.27. The van der Waals surface area contributed by atoms with Gasteiger partial charge in [0.2, 0.25) is 5.78 Å². The van der Waals surface area contributed by atoms with E-state index >= 15 is 0 Å². The lowest BCUT2D eigenvalue weighted by Gasteiger charge is -2.24. The molecular formula is C25H17Cl2NO6. The number of Topliss-reactive ketones (excluding diaryl/α,β-unsaturated/α-hetero) is 1. The molecular weight excluding hydrogens is 481 g/mol. The van der Waals surface area contributed by atoms with Crippen molar-refractivity contribution in [2.24, 2.45) is 0 Å². The van der Waals surface area contributed by atoms with Crippen LogP contribution in [0.5, 0.6) is 5.75 Å². The number of methoxy groups -OCH3 is 1. The molecule has 1 amide bonds. The van der Waals surface area contributed by atoms with Crippen LogP contribution in [0.3, 0.4) is 0 Å². The van der Waals surface area contributed by atoms with Gasteiger partial charge in [-0.3, -0.25) is 14.5 Å². The molecule has 1 aliphatic rings. The summed E-state index contributed by atoms with van der Waals surface area (Å²) < 4.78 is 16.9.